The first-order valence-electron chi connectivity index (χ1n) is 6.89. The Morgan fingerprint density at radius 3 is 2.79 bits per heavy atom. The van der Waals surface area contributed by atoms with Gasteiger partial charge in [-0.2, -0.15) is 13.2 Å². The third kappa shape index (κ3) is 3.31. The molecule has 0 saturated carbocycles. The van der Waals surface area contributed by atoms with Gasteiger partial charge >= 0.3 is 11.2 Å². The summed E-state index contributed by atoms with van der Waals surface area (Å²) in [6.45, 7) is 0.965. The van der Waals surface area contributed by atoms with Crippen molar-refractivity contribution in [1.29, 1.82) is 0 Å². The maximum atomic E-state index is 12.7. The molecule has 24 heavy (non-hydrogen) atoms. The summed E-state index contributed by atoms with van der Waals surface area (Å²) in [6, 6.07) is 3.04. The van der Waals surface area contributed by atoms with Gasteiger partial charge in [0.05, 0.1) is 16.2 Å². The van der Waals surface area contributed by atoms with Crippen LogP contribution < -0.4 is 5.56 Å². The van der Waals surface area contributed by atoms with Crippen LogP contribution in [0.15, 0.2) is 16.9 Å². The van der Waals surface area contributed by atoms with Gasteiger partial charge in [0.15, 0.2) is 0 Å². The molecule has 0 aromatic carbocycles. The predicted octanol–water partition coefficient (Wildman–Crippen LogP) is 2.32. The Morgan fingerprint density at radius 1 is 1.42 bits per heavy atom. The highest BCUT2D eigenvalue weighted by molar-refractivity contribution is 7.15. The second kappa shape index (κ2) is 5.98. The van der Waals surface area contributed by atoms with Gasteiger partial charge in [0, 0.05) is 37.0 Å². The highest BCUT2D eigenvalue weighted by Crippen LogP contribution is 2.28. The summed E-state index contributed by atoms with van der Waals surface area (Å²) in [7, 11) is 0. The van der Waals surface area contributed by atoms with Crippen LogP contribution in [0.5, 0.6) is 0 Å². The van der Waals surface area contributed by atoms with Crippen molar-refractivity contribution in [2.45, 2.75) is 25.7 Å². The smallest absolute Gasteiger partial charge is 0.303 e. The van der Waals surface area contributed by atoms with Gasteiger partial charge in [0.2, 0.25) is 5.82 Å². The summed E-state index contributed by atoms with van der Waals surface area (Å²) in [5.74, 6) is -1.28. The van der Waals surface area contributed by atoms with E-state index in [4.69, 9.17) is 0 Å². The Hall–Kier alpha value is -2.27. The molecule has 2 aromatic rings. The second-order valence-electron chi connectivity index (χ2n) is 5.30. The van der Waals surface area contributed by atoms with E-state index in [-0.39, 0.29) is 29.2 Å². The van der Waals surface area contributed by atoms with Crippen LogP contribution >= 0.6 is 11.3 Å². The topological polar surface area (TPSA) is 92.1 Å². The van der Waals surface area contributed by atoms with Gasteiger partial charge in [-0.3, -0.25) is 19.8 Å². The summed E-state index contributed by atoms with van der Waals surface area (Å²) < 4.78 is 38.0. The van der Waals surface area contributed by atoms with Gasteiger partial charge in [0.1, 0.15) is 0 Å². The highest BCUT2D eigenvalue weighted by Gasteiger charge is 2.36. The molecule has 1 aliphatic rings. The summed E-state index contributed by atoms with van der Waals surface area (Å²) in [5.41, 5.74) is -0.436. The number of halogens is 3. The monoisotopic (exact) mass is 360 g/mol. The molecular weight excluding hydrogens is 349 g/mol. The van der Waals surface area contributed by atoms with Crippen LogP contribution in [0.4, 0.5) is 18.2 Å². The number of hydrogen-bond donors (Lipinski definition) is 1. The minimum Gasteiger partial charge on any atom is -0.303 e. The lowest BCUT2D eigenvalue weighted by molar-refractivity contribution is -0.380. The summed E-state index contributed by atoms with van der Waals surface area (Å²) >= 11 is 1.03. The second-order valence-corrected chi connectivity index (χ2v) is 6.44. The number of hydrogen-bond acceptors (Lipinski definition) is 6. The fraction of sp³-hybridized carbons (Fsp3) is 0.385. The van der Waals surface area contributed by atoms with Gasteiger partial charge in [-0.05, 0) is 6.07 Å². The van der Waals surface area contributed by atoms with E-state index in [1.807, 2.05) is 4.90 Å². The molecule has 0 atom stereocenters. The molecule has 0 fully saturated rings. The number of aromatic amines is 1. The molecule has 1 N–H and O–H groups in total. The normalized spacial score (nSPS) is 15.3. The zero-order chi connectivity index (χ0) is 17.5. The number of aromatic nitrogens is 2. The summed E-state index contributed by atoms with van der Waals surface area (Å²) in [5, 5.41) is 10.7. The number of H-pyrrole nitrogens is 1. The number of nitrogens with one attached hydrogen (secondary N) is 1. The van der Waals surface area contributed by atoms with Crippen molar-refractivity contribution in [3.63, 3.8) is 0 Å². The average Bonchev–Trinajstić information content (AvgIpc) is 2.95. The Morgan fingerprint density at radius 2 is 2.17 bits per heavy atom. The largest absolute Gasteiger partial charge is 0.449 e. The molecule has 7 nitrogen and oxygen atoms in total. The average molecular weight is 360 g/mol. The molecule has 0 unspecified atom stereocenters. The number of alkyl halides is 3. The number of nitrogens with zero attached hydrogens (tertiary/aromatic N) is 3. The van der Waals surface area contributed by atoms with Crippen molar-refractivity contribution in [2.24, 2.45) is 0 Å². The predicted molar refractivity (Wildman–Crippen MR) is 78.7 cm³/mol. The van der Waals surface area contributed by atoms with Crippen LogP contribution in [0.3, 0.4) is 0 Å². The van der Waals surface area contributed by atoms with Crippen LogP contribution in [-0.2, 0) is 25.7 Å². The van der Waals surface area contributed by atoms with E-state index in [0.717, 1.165) is 16.2 Å². The van der Waals surface area contributed by atoms with Crippen molar-refractivity contribution in [3.05, 3.63) is 54.6 Å². The van der Waals surface area contributed by atoms with Gasteiger partial charge in [-0.25, -0.2) is 4.98 Å². The fourth-order valence-electron chi connectivity index (χ4n) is 2.52. The molecule has 0 saturated heterocycles. The minimum atomic E-state index is -4.69. The van der Waals surface area contributed by atoms with Crippen molar-refractivity contribution in [2.75, 3.05) is 6.54 Å². The number of thiophene rings is 1. The molecule has 3 rings (SSSR count). The minimum absolute atomic E-state index is 0.0248. The Bertz CT molecular complexity index is 846. The third-order valence-electron chi connectivity index (χ3n) is 3.62. The van der Waals surface area contributed by atoms with Crippen molar-refractivity contribution >= 4 is 16.3 Å². The Labute approximate surface area is 136 Å². The zero-order valence-corrected chi connectivity index (χ0v) is 12.9. The molecule has 2 aromatic heterocycles. The van der Waals surface area contributed by atoms with E-state index >= 15 is 0 Å². The van der Waals surface area contributed by atoms with Crippen molar-refractivity contribution in [1.82, 2.24) is 14.9 Å². The molecule has 0 bridgehead atoms. The SMILES string of the molecule is O=c1[nH]c(C(F)(F)F)nc2c1CN(Cc1ccc([N+](=O)[O-])s1)CC2. The van der Waals surface area contributed by atoms with E-state index < -0.39 is 22.5 Å². The van der Waals surface area contributed by atoms with Gasteiger partial charge < -0.3 is 4.98 Å². The third-order valence-corrected chi connectivity index (χ3v) is 4.64. The lowest BCUT2D eigenvalue weighted by Gasteiger charge is -2.27. The van der Waals surface area contributed by atoms with E-state index in [0.29, 0.717) is 13.1 Å². The molecule has 0 radical (unpaired) electrons. The first kappa shape index (κ1) is 16.6. The molecular formula is C13H11F3N4O3S. The quantitative estimate of drug-likeness (QED) is 0.670. The molecule has 128 valence electrons. The molecule has 0 spiro atoms. The first-order chi connectivity index (χ1) is 11.2. The van der Waals surface area contributed by atoms with E-state index in [1.165, 1.54) is 6.07 Å². The van der Waals surface area contributed by atoms with Crippen LogP contribution in [0.2, 0.25) is 0 Å². The Balaban J connectivity index is 1.79. The molecule has 0 amide bonds. The first-order valence-corrected chi connectivity index (χ1v) is 7.70. The molecule has 3 heterocycles. The zero-order valence-electron chi connectivity index (χ0n) is 12.1. The lowest BCUT2D eigenvalue weighted by atomic mass is 10.1. The maximum Gasteiger partial charge on any atom is 0.449 e. The van der Waals surface area contributed by atoms with Crippen molar-refractivity contribution < 1.29 is 18.1 Å². The maximum absolute atomic E-state index is 12.7. The molecule has 0 aliphatic carbocycles. The van der Waals surface area contributed by atoms with Gasteiger partial charge in [0.25, 0.3) is 5.56 Å². The number of fused-ring (bicyclic) bond motifs is 1. The standard InChI is InChI=1S/C13H11F3N4O3S/c14-13(15,16)12-17-9-3-4-19(6-8(9)11(21)18-12)5-7-1-2-10(24-7)20(22)23/h1-2H,3-6H2,(H,17,18,21). The van der Waals surface area contributed by atoms with Crippen LogP contribution in [0.1, 0.15) is 22.0 Å². The van der Waals surface area contributed by atoms with Crippen LogP contribution in [0.25, 0.3) is 0 Å². The van der Waals surface area contributed by atoms with Crippen LogP contribution in [0, 0.1) is 10.1 Å². The van der Waals surface area contributed by atoms with Crippen molar-refractivity contribution in [3.8, 4) is 0 Å². The van der Waals surface area contributed by atoms with E-state index in [1.54, 1.807) is 11.1 Å². The van der Waals surface area contributed by atoms with Gasteiger partial charge in [-0.15, -0.1) is 0 Å². The summed E-state index contributed by atoms with van der Waals surface area (Å²) in [4.78, 5) is 30.0. The Kier molecular flexibility index (Phi) is 4.13. The van der Waals surface area contributed by atoms with Gasteiger partial charge in [-0.1, -0.05) is 11.3 Å². The van der Waals surface area contributed by atoms with E-state index in [2.05, 4.69) is 4.98 Å². The summed E-state index contributed by atoms with van der Waals surface area (Å²) in [6.07, 6.45) is -4.48. The van der Waals surface area contributed by atoms with Crippen LogP contribution in [-0.4, -0.2) is 26.3 Å². The highest BCUT2D eigenvalue weighted by atomic mass is 32.1. The number of nitro groups is 1. The molecule has 1 aliphatic heterocycles. The lowest BCUT2D eigenvalue weighted by Crippen LogP contribution is -2.36. The fourth-order valence-corrected chi connectivity index (χ4v) is 3.38. The van der Waals surface area contributed by atoms with E-state index in [9.17, 15) is 28.1 Å². The number of rotatable bonds is 3. The molecule has 11 heteroatoms.